The zero-order valence-corrected chi connectivity index (χ0v) is 9.63. The smallest absolute Gasteiger partial charge is 0.316 e. The van der Waals surface area contributed by atoms with Crippen LogP contribution in [0.3, 0.4) is 0 Å². The van der Waals surface area contributed by atoms with Crippen molar-refractivity contribution >= 4 is 11.8 Å². The number of ketones is 1. The van der Waals surface area contributed by atoms with Crippen LogP contribution in [0.1, 0.15) is 40.0 Å². The van der Waals surface area contributed by atoms with Crippen molar-refractivity contribution in [3.05, 3.63) is 11.6 Å². The molecule has 3 heteroatoms. The SMILES string of the molecule is CCOC(=O)C1(CC)CCC(=O)C=C1C. The number of hydrogen-bond acceptors (Lipinski definition) is 3. The van der Waals surface area contributed by atoms with E-state index in [9.17, 15) is 9.59 Å². The molecule has 1 rings (SSSR count). The summed E-state index contributed by atoms with van der Waals surface area (Å²) in [5, 5.41) is 0. The normalized spacial score (nSPS) is 26.1. The summed E-state index contributed by atoms with van der Waals surface area (Å²) in [6.07, 6.45) is 3.32. The molecule has 84 valence electrons. The second kappa shape index (κ2) is 4.60. The molecule has 0 bridgehead atoms. The van der Waals surface area contributed by atoms with Gasteiger partial charge in [0.1, 0.15) is 0 Å². The summed E-state index contributed by atoms with van der Waals surface area (Å²) in [5.74, 6) is -0.0744. The first-order valence-corrected chi connectivity index (χ1v) is 5.45. The Bertz CT molecular complexity index is 304. The van der Waals surface area contributed by atoms with Gasteiger partial charge in [-0.15, -0.1) is 0 Å². The molecule has 0 aromatic carbocycles. The molecule has 1 aliphatic carbocycles. The van der Waals surface area contributed by atoms with Gasteiger partial charge >= 0.3 is 5.97 Å². The fraction of sp³-hybridized carbons (Fsp3) is 0.667. The van der Waals surface area contributed by atoms with Gasteiger partial charge in [0, 0.05) is 6.42 Å². The predicted molar refractivity (Wildman–Crippen MR) is 57.4 cm³/mol. The topological polar surface area (TPSA) is 43.4 Å². The molecule has 0 aliphatic heterocycles. The highest BCUT2D eigenvalue weighted by Gasteiger charge is 2.42. The van der Waals surface area contributed by atoms with Crippen LogP contribution in [0.5, 0.6) is 0 Å². The number of ether oxygens (including phenoxy) is 1. The monoisotopic (exact) mass is 210 g/mol. The van der Waals surface area contributed by atoms with Crippen molar-refractivity contribution in [2.24, 2.45) is 5.41 Å². The summed E-state index contributed by atoms with van der Waals surface area (Å²) in [6, 6.07) is 0. The quantitative estimate of drug-likeness (QED) is 0.671. The van der Waals surface area contributed by atoms with Crippen LogP contribution in [0.15, 0.2) is 11.6 Å². The Morgan fingerprint density at radius 1 is 1.53 bits per heavy atom. The highest BCUT2D eigenvalue weighted by molar-refractivity contribution is 5.95. The van der Waals surface area contributed by atoms with Crippen molar-refractivity contribution in [1.29, 1.82) is 0 Å². The number of esters is 1. The Labute approximate surface area is 90.5 Å². The van der Waals surface area contributed by atoms with E-state index < -0.39 is 5.41 Å². The van der Waals surface area contributed by atoms with E-state index in [1.165, 1.54) is 0 Å². The first-order chi connectivity index (χ1) is 7.06. The number of hydrogen-bond donors (Lipinski definition) is 0. The molecular formula is C12H18O3. The molecule has 3 nitrogen and oxygen atoms in total. The molecule has 0 spiro atoms. The van der Waals surface area contributed by atoms with E-state index in [1.807, 2.05) is 13.8 Å². The Hall–Kier alpha value is -1.12. The highest BCUT2D eigenvalue weighted by atomic mass is 16.5. The number of carbonyl (C=O) groups excluding carboxylic acids is 2. The maximum Gasteiger partial charge on any atom is 0.316 e. The highest BCUT2D eigenvalue weighted by Crippen LogP contribution is 2.40. The van der Waals surface area contributed by atoms with Gasteiger partial charge in [-0.25, -0.2) is 0 Å². The van der Waals surface area contributed by atoms with Crippen LogP contribution in [0.4, 0.5) is 0 Å². The van der Waals surface area contributed by atoms with Crippen LogP contribution >= 0.6 is 0 Å². The lowest BCUT2D eigenvalue weighted by molar-refractivity contribution is -0.154. The zero-order chi connectivity index (χ0) is 11.5. The molecule has 0 radical (unpaired) electrons. The predicted octanol–water partition coefficient (Wildman–Crippen LogP) is 2.26. The fourth-order valence-corrected chi connectivity index (χ4v) is 2.12. The second-order valence-corrected chi connectivity index (χ2v) is 3.95. The molecule has 0 fully saturated rings. The van der Waals surface area contributed by atoms with E-state index in [4.69, 9.17) is 4.74 Å². The van der Waals surface area contributed by atoms with Crippen LogP contribution in [0, 0.1) is 5.41 Å². The zero-order valence-electron chi connectivity index (χ0n) is 9.63. The fourth-order valence-electron chi connectivity index (χ4n) is 2.12. The summed E-state index contributed by atoms with van der Waals surface area (Å²) < 4.78 is 5.09. The van der Waals surface area contributed by atoms with Crippen molar-refractivity contribution in [1.82, 2.24) is 0 Å². The van der Waals surface area contributed by atoms with Crippen molar-refractivity contribution in [3.63, 3.8) is 0 Å². The molecule has 0 amide bonds. The van der Waals surface area contributed by atoms with Crippen LogP contribution in [0.2, 0.25) is 0 Å². The molecule has 0 heterocycles. The van der Waals surface area contributed by atoms with Crippen LogP contribution in [-0.2, 0) is 14.3 Å². The summed E-state index contributed by atoms with van der Waals surface area (Å²) >= 11 is 0. The summed E-state index contributed by atoms with van der Waals surface area (Å²) in [7, 11) is 0. The minimum Gasteiger partial charge on any atom is -0.465 e. The van der Waals surface area contributed by atoms with Gasteiger partial charge in [0.15, 0.2) is 5.78 Å². The molecule has 1 aliphatic rings. The first-order valence-electron chi connectivity index (χ1n) is 5.45. The number of rotatable bonds is 3. The molecule has 1 atom stereocenters. The van der Waals surface area contributed by atoms with Gasteiger partial charge in [-0.3, -0.25) is 9.59 Å². The van der Waals surface area contributed by atoms with E-state index in [0.29, 0.717) is 25.9 Å². The summed E-state index contributed by atoms with van der Waals surface area (Å²) in [6.45, 7) is 6.00. The van der Waals surface area contributed by atoms with E-state index >= 15 is 0 Å². The second-order valence-electron chi connectivity index (χ2n) is 3.95. The largest absolute Gasteiger partial charge is 0.465 e. The standard InChI is InChI=1S/C12H18O3/c1-4-12(11(14)15-5-2)7-6-10(13)8-9(12)3/h8H,4-7H2,1-3H3. The van der Waals surface area contributed by atoms with Gasteiger partial charge in [-0.05, 0) is 32.8 Å². The third-order valence-electron chi connectivity index (χ3n) is 3.20. The maximum atomic E-state index is 11.9. The van der Waals surface area contributed by atoms with Gasteiger partial charge in [-0.1, -0.05) is 12.5 Å². The van der Waals surface area contributed by atoms with Crippen molar-refractivity contribution in [2.45, 2.75) is 40.0 Å². The van der Waals surface area contributed by atoms with Gasteiger partial charge in [0.05, 0.1) is 12.0 Å². The average molecular weight is 210 g/mol. The number of carbonyl (C=O) groups is 2. The number of allylic oxidation sites excluding steroid dienone is 1. The Kier molecular flexibility index (Phi) is 3.66. The molecule has 15 heavy (non-hydrogen) atoms. The van der Waals surface area contributed by atoms with Crippen LogP contribution in [0.25, 0.3) is 0 Å². The van der Waals surface area contributed by atoms with E-state index in [2.05, 4.69) is 0 Å². The Morgan fingerprint density at radius 3 is 2.67 bits per heavy atom. The third kappa shape index (κ3) is 2.11. The van der Waals surface area contributed by atoms with Gasteiger partial charge in [0.25, 0.3) is 0 Å². The van der Waals surface area contributed by atoms with Crippen LogP contribution in [-0.4, -0.2) is 18.4 Å². The average Bonchev–Trinajstić information content (AvgIpc) is 2.19. The first kappa shape index (κ1) is 12.0. The molecule has 0 saturated carbocycles. The maximum absolute atomic E-state index is 11.9. The molecule has 0 aromatic rings. The van der Waals surface area contributed by atoms with Crippen molar-refractivity contribution in [2.75, 3.05) is 6.61 Å². The minimum atomic E-state index is -0.552. The molecule has 1 unspecified atom stereocenters. The minimum absolute atomic E-state index is 0.112. The summed E-state index contributed by atoms with van der Waals surface area (Å²) in [4.78, 5) is 23.1. The van der Waals surface area contributed by atoms with Gasteiger partial charge < -0.3 is 4.74 Å². The van der Waals surface area contributed by atoms with Gasteiger partial charge in [-0.2, -0.15) is 0 Å². The molecule has 0 N–H and O–H groups in total. The lowest BCUT2D eigenvalue weighted by Gasteiger charge is -2.33. The van der Waals surface area contributed by atoms with Crippen molar-refractivity contribution < 1.29 is 14.3 Å². The Morgan fingerprint density at radius 2 is 2.20 bits per heavy atom. The van der Waals surface area contributed by atoms with Crippen molar-refractivity contribution in [3.8, 4) is 0 Å². The third-order valence-corrected chi connectivity index (χ3v) is 3.20. The molecule has 0 aromatic heterocycles. The lowest BCUT2D eigenvalue weighted by Crippen LogP contribution is -2.36. The van der Waals surface area contributed by atoms with E-state index in [1.54, 1.807) is 13.0 Å². The lowest BCUT2D eigenvalue weighted by atomic mass is 9.71. The van der Waals surface area contributed by atoms with E-state index in [0.717, 1.165) is 5.57 Å². The summed E-state index contributed by atoms with van der Waals surface area (Å²) in [5.41, 5.74) is 0.295. The molecular weight excluding hydrogens is 192 g/mol. The van der Waals surface area contributed by atoms with E-state index in [-0.39, 0.29) is 11.8 Å². The molecule has 0 saturated heterocycles. The van der Waals surface area contributed by atoms with Gasteiger partial charge in [0.2, 0.25) is 0 Å². The Balaban J connectivity index is 2.99. The van der Waals surface area contributed by atoms with Crippen LogP contribution < -0.4 is 0 Å².